The minimum absolute atomic E-state index is 0.00785. The maximum absolute atomic E-state index is 12.9. The highest BCUT2D eigenvalue weighted by molar-refractivity contribution is 5.92. The number of morpholine rings is 1. The molecule has 0 saturated carbocycles. The Balaban J connectivity index is 1.88. The molecule has 2 atom stereocenters. The number of rotatable bonds is 2. The molecule has 1 aliphatic heterocycles. The molecule has 0 N–H and O–H groups in total. The van der Waals surface area contributed by atoms with Crippen LogP contribution in [0.5, 0.6) is 0 Å². The molecule has 0 aliphatic carbocycles. The predicted octanol–water partition coefficient (Wildman–Crippen LogP) is 3.05. The van der Waals surface area contributed by atoms with Crippen LogP contribution >= 0.6 is 0 Å². The molecule has 1 fully saturated rings. The summed E-state index contributed by atoms with van der Waals surface area (Å²) in [6, 6.07) is 11.9. The average molecular weight is 327 g/mol. The number of aromatic nitrogens is 2. The number of amides is 1. The van der Waals surface area contributed by atoms with Gasteiger partial charge in [0, 0.05) is 19.8 Å². The fourth-order valence-electron chi connectivity index (χ4n) is 3.00. The van der Waals surface area contributed by atoms with E-state index in [1.54, 1.807) is 24.0 Å². The zero-order valence-electron chi connectivity index (χ0n) is 14.8. The summed E-state index contributed by atoms with van der Waals surface area (Å²) >= 11 is 0. The number of hydrogen-bond donors (Lipinski definition) is 0. The smallest absolute Gasteiger partial charge is 0.272 e. The minimum atomic E-state index is -0.110. The lowest BCUT2D eigenvalue weighted by Crippen LogP contribution is -2.51. The van der Waals surface area contributed by atoms with Crippen LogP contribution < -0.4 is 0 Å². The Morgan fingerprint density at radius 3 is 2.46 bits per heavy atom. The lowest BCUT2D eigenvalue weighted by atomic mass is 9.87. The van der Waals surface area contributed by atoms with E-state index >= 15 is 0 Å². The van der Waals surface area contributed by atoms with Gasteiger partial charge in [0.2, 0.25) is 0 Å². The van der Waals surface area contributed by atoms with E-state index in [9.17, 15) is 4.79 Å². The van der Waals surface area contributed by atoms with E-state index in [1.807, 2.05) is 23.1 Å². The third-order valence-electron chi connectivity index (χ3n) is 4.57. The van der Waals surface area contributed by atoms with Crippen molar-refractivity contribution >= 4 is 5.91 Å². The van der Waals surface area contributed by atoms with Crippen LogP contribution in [0.4, 0.5) is 0 Å². The second kappa shape index (κ2) is 6.40. The Hall–Kier alpha value is -2.14. The highest BCUT2D eigenvalue weighted by Gasteiger charge is 2.38. The number of carbonyl (C=O) groups is 1. The Bertz CT molecular complexity index is 703. The molecule has 0 unspecified atom stereocenters. The second-order valence-corrected chi connectivity index (χ2v) is 7.44. The predicted molar refractivity (Wildman–Crippen MR) is 92.6 cm³/mol. The van der Waals surface area contributed by atoms with Crippen LogP contribution in [0.2, 0.25) is 0 Å². The van der Waals surface area contributed by atoms with Crippen LogP contribution in [0.3, 0.4) is 0 Å². The molecular weight excluding hydrogens is 302 g/mol. The van der Waals surface area contributed by atoms with Crippen molar-refractivity contribution < 1.29 is 9.53 Å². The summed E-state index contributed by atoms with van der Waals surface area (Å²) in [7, 11) is 1.80. The first-order chi connectivity index (χ1) is 11.4. The maximum Gasteiger partial charge on any atom is 0.272 e. The molecule has 2 aromatic rings. The third kappa shape index (κ3) is 3.36. The normalized spacial score (nSPS) is 21.8. The van der Waals surface area contributed by atoms with Gasteiger partial charge < -0.3 is 9.64 Å². The molecule has 128 valence electrons. The minimum Gasteiger partial charge on any atom is -0.366 e. The molecule has 0 bridgehead atoms. The molecule has 1 aromatic heterocycles. The van der Waals surface area contributed by atoms with Gasteiger partial charge in [-0.2, -0.15) is 5.10 Å². The van der Waals surface area contributed by atoms with E-state index in [4.69, 9.17) is 4.74 Å². The molecule has 5 heteroatoms. The molecule has 5 nitrogen and oxygen atoms in total. The fraction of sp³-hybridized carbons (Fsp3) is 0.474. The first-order valence-corrected chi connectivity index (χ1v) is 8.34. The van der Waals surface area contributed by atoms with E-state index in [2.05, 4.69) is 38.0 Å². The fourth-order valence-corrected chi connectivity index (χ4v) is 3.00. The SMILES string of the molecule is Cn1nccc1C(=O)N1C[C@@H](c2ccccc2)O[C@@H](C(C)(C)C)C1. The zero-order valence-corrected chi connectivity index (χ0v) is 14.8. The van der Waals surface area contributed by atoms with Crippen molar-refractivity contribution in [2.45, 2.75) is 33.0 Å². The topological polar surface area (TPSA) is 47.4 Å². The Morgan fingerprint density at radius 2 is 1.88 bits per heavy atom. The van der Waals surface area contributed by atoms with E-state index < -0.39 is 0 Å². The van der Waals surface area contributed by atoms with Crippen molar-refractivity contribution in [3.63, 3.8) is 0 Å². The lowest BCUT2D eigenvalue weighted by Gasteiger charge is -2.43. The van der Waals surface area contributed by atoms with Gasteiger partial charge >= 0.3 is 0 Å². The van der Waals surface area contributed by atoms with Gasteiger partial charge in [0.15, 0.2) is 0 Å². The number of carbonyl (C=O) groups excluding carboxylic acids is 1. The van der Waals surface area contributed by atoms with Crippen molar-refractivity contribution in [1.29, 1.82) is 0 Å². The summed E-state index contributed by atoms with van der Waals surface area (Å²) in [4.78, 5) is 14.8. The molecule has 1 aliphatic rings. The van der Waals surface area contributed by atoms with Crippen LogP contribution in [0.15, 0.2) is 42.6 Å². The number of nitrogens with zero attached hydrogens (tertiary/aromatic N) is 3. The molecular formula is C19H25N3O2. The van der Waals surface area contributed by atoms with Crippen LogP contribution in [0.1, 0.15) is 42.9 Å². The summed E-state index contributed by atoms with van der Waals surface area (Å²) in [6.07, 6.45) is 1.53. The van der Waals surface area contributed by atoms with Crippen molar-refractivity contribution in [1.82, 2.24) is 14.7 Å². The lowest BCUT2D eigenvalue weighted by molar-refractivity contribution is -0.119. The second-order valence-electron chi connectivity index (χ2n) is 7.44. The van der Waals surface area contributed by atoms with Crippen LogP contribution in [-0.2, 0) is 11.8 Å². The molecule has 0 spiro atoms. The molecule has 0 radical (unpaired) electrons. The Kier molecular flexibility index (Phi) is 4.45. The summed E-state index contributed by atoms with van der Waals surface area (Å²) in [6.45, 7) is 7.60. The van der Waals surface area contributed by atoms with E-state index in [-0.39, 0.29) is 23.5 Å². The van der Waals surface area contributed by atoms with E-state index in [1.165, 1.54) is 0 Å². The number of benzene rings is 1. The van der Waals surface area contributed by atoms with Gasteiger partial charge in [-0.15, -0.1) is 0 Å². The molecule has 3 rings (SSSR count). The van der Waals surface area contributed by atoms with Crippen LogP contribution in [-0.4, -0.2) is 39.8 Å². The molecule has 24 heavy (non-hydrogen) atoms. The first kappa shape index (κ1) is 16.7. The molecule has 1 aromatic carbocycles. The average Bonchev–Trinajstić information content (AvgIpc) is 3.00. The summed E-state index contributed by atoms with van der Waals surface area (Å²) in [5, 5.41) is 4.12. The summed E-state index contributed by atoms with van der Waals surface area (Å²) < 4.78 is 7.98. The third-order valence-corrected chi connectivity index (χ3v) is 4.57. The monoisotopic (exact) mass is 327 g/mol. The van der Waals surface area contributed by atoms with Gasteiger partial charge in [-0.25, -0.2) is 0 Å². The van der Waals surface area contributed by atoms with Crippen molar-refractivity contribution in [2.75, 3.05) is 13.1 Å². The largest absolute Gasteiger partial charge is 0.366 e. The quantitative estimate of drug-likeness (QED) is 0.852. The molecule has 1 amide bonds. The van der Waals surface area contributed by atoms with Gasteiger partial charge in [-0.3, -0.25) is 9.48 Å². The first-order valence-electron chi connectivity index (χ1n) is 8.34. The van der Waals surface area contributed by atoms with Crippen LogP contribution in [0, 0.1) is 5.41 Å². The Labute approximate surface area is 143 Å². The van der Waals surface area contributed by atoms with Gasteiger partial charge in [0.25, 0.3) is 5.91 Å². The van der Waals surface area contributed by atoms with E-state index in [0.29, 0.717) is 18.8 Å². The summed E-state index contributed by atoms with van der Waals surface area (Å²) in [5.74, 6) is 0.00785. The van der Waals surface area contributed by atoms with Gasteiger partial charge in [0.1, 0.15) is 11.8 Å². The number of hydrogen-bond acceptors (Lipinski definition) is 3. The Morgan fingerprint density at radius 1 is 1.17 bits per heavy atom. The van der Waals surface area contributed by atoms with Crippen molar-refractivity contribution in [2.24, 2.45) is 12.5 Å². The standard InChI is InChI=1S/C19H25N3O2/c1-19(2,3)17-13-22(18(23)15-10-11-20-21(15)4)12-16(24-17)14-8-6-5-7-9-14/h5-11,16-17H,12-13H2,1-4H3/t16-,17+/m0/s1. The number of aryl methyl sites for hydroxylation is 1. The van der Waals surface area contributed by atoms with E-state index in [0.717, 1.165) is 5.56 Å². The van der Waals surface area contributed by atoms with Gasteiger partial charge in [-0.05, 0) is 17.0 Å². The van der Waals surface area contributed by atoms with Crippen molar-refractivity contribution in [3.8, 4) is 0 Å². The van der Waals surface area contributed by atoms with Crippen LogP contribution in [0.25, 0.3) is 0 Å². The van der Waals surface area contributed by atoms with Gasteiger partial charge in [-0.1, -0.05) is 51.1 Å². The summed E-state index contributed by atoms with van der Waals surface area (Å²) in [5.41, 5.74) is 1.67. The number of ether oxygens (including phenoxy) is 1. The van der Waals surface area contributed by atoms with Crippen molar-refractivity contribution in [3.05, 3.63) is 53.9 Å². The zero-order chi connectivity index (χ0) is 17.3. The highest BCUT2D eigenvalue weighted by atomic mass is 16.5. The highest BCUT2D eigenvalue weighted by Crippen LogP contribution is 2.33. The molecule has 2 heterocycles. The van der Waals surface area contributed by atoms with Gasteiger partial charge in [0.05, 0.1) is 12.6 Å². The molecule has 1 saturated heterocycles. The maximum atomic E-state index is 12.9.